The van der Waals surface area contributed by atoms with Crippen LogP contribution >= 0.6 is 0 Å². The summed E-state index contributed by atoms with van der Waals surface area (Å²) in [5, 5.41) is 28.6. The van der Waals surface area contributed by atoms with Crippen molar-refractivity contribution in [2.24, 2.45) is 0 Å². The molecule has 0 aromatic carbocycles. The molecule has 0 fully saturated rings. The molecule has 0 aliphatic rings. The van der Waals surface area contributed by atoms with Crippen molar-refractivity contribution in [3.05, 3.63) is 11.8 Å². The van der Waals surface area contributed by atoms with Crippen LogP contribution in [0.1, 0.15) is 57.8 Å². The fourth-order valence-corrected chi connectivity index (χ4v) is 2.68. The SMILES string of the molecule is C[N+](C)(C)CC(CC(=O)[O-])OC(=O)CCCCCCCC/C(O)=C/C(=O)O. The number of aliphatic hydroxyl groups is 1. The van der Waals surface area contributed by atoms with Crippen LogP contribution in [0.15, 0.2) is 11.8 Å². The van der Waals surface area contributed by atoms with Crippen molar-refractivity contribution in [1.29, 1.82) is 0 Å². The molecule has 2 N–H and O–H groups in total. The lowest BCUT2D eigenvalue weighted by molar-refractivity contribution is -0.873. The Morgan fingerprint density at radius 3 is 1.96 bits per heavy atom. The molecule has 0 aliphatic heterocycles. The topological polar surface area (TPSA) is 124 Å². The summed E-state index contributed by atoms with van der Waals surface area (Å²) in [5.74, 6) is -2.89. The van der Waals surface area contributed by atoms with Crippen molar-refractivity contribution in [1.82, 2.24) is 0 Å². The van der Waals surface area contributed by atoms with Gasteiger partial charge in [0.25, 0.3) is 0 Å². The molecule has 1 atom stereocenters. The zero-order valence-corrected chi connectivity index (χ0v) is 16.6. The lowest BCUT2D eigenvalue weighted by atomic mass is 10.1. The third-order valence-corrected chi connectivity index (χ3v) is 3.80. The van der Waals surface area contributed by atoms with E-state index in [2.05, 4.69) is 0 Å². The molecule has 27 heavy (non-hydrogen) atoms. The van der Waals surface area contributed by atoms with Crippen LogP contribution in [0, 0.1) is 0 Å². The molecule has 0 amide bonds. The molecular weight excluding hydrogens is 354 g/mol. The van der Waals surface area contributed by atoms with Crippen molar-refractivity contribution >= 4 is 17.9 Å². The van der Waals surface area contributed by atoms with Gasteiger partial charge in [-0.25, -0.2) is 4.79 Å². The minimum atomic E-state index is -1.23. The number of nitrogens with zero attached hydrogens (tertiary/aromatic N) is 1. The Morgan fingerprint density at radius 2 is 1.48 bits per heavy atom. The van der Waals surface area contributed by atoms with Gasteiger partial charge in [-0.15, -0.1) is 0 Å². The number of carboxylic acid groups (broad SMARTS) is 2. The first-order valence-corrected chi connectivity index (χ1v) is 9.32. The van der Waals surface area contributed by atoms with Gasteiger partial charge in [0.1, 0.15) is 6.54 Å². The van der Waals surface area contributed by atoms with Crippen LogP contribution in [-0.4, -0.2) is 66.4 Å². The minimum absolute atomic E-state index is 0.120. The van der Waals surface area contributed by atoms with Gasteiger partial charge in [0.05, 0.1) is 33.0 Å². The zero-order chi connectivity index (χ0) is 20.9. The highest BCUT2D eigenvalue weighted by Gasteiger charge is 2.22. The molecule has 0 aromatic heterocycles. The summed E-state index contributed by atoms with van der Waals surface area (Å²) < 4.78 is 5.77. The van der Waals surface area contributed by atoms with Crippen LogP contribution in [0.3, 0.4) is 0 Å². The van der Waals surface area contributed by atoms with Crippen LogP contribution in [0.2, 0.25) is 0 Å². The molecule has 8 heteroatoms. The Labute approximate surface area is 161 Å². The monoisotopic (exact) mass is 387 g/mol. The molecule has 0 aliphatic carbocycles. The first-order chi connectivity index (χ1) is 12.5. The number of quaternary nitrogens is 1. The van der Waals surface area contributed by atoms with Gasteiger partial charge in [-0.3, -0.25) is 4.79 Å². The second-order valence-corrected chi connectivity index (χ2v) is 7.76. The number of unbranched alkanes of at least 4 members (excludes halogenated alkanes) is 5. The van der Waals surface area contributed by atoms with Crippen LogP contribution in [0.4, 0.5) is 0 Å². The summed E-state index contributed by atoms with van der Waals surface area (Å²) in [6.45, 7) is 0.406. The molecule has 0 heterocycles. The van der Waals surface area contributed by atoms with Crippen LogP contribution in [0.25, 0.3) is 0 Å². The maximum atomic E-state index is 11.9. The van der Waals surface area contributed by atoms with Gasteiger partial charge in [0, 0.05) is 25.2 Å². The minimum Gasteiger partial charge on any atom is -0.550 e. The molecule has 0 aromatic rings. The molecule has 1 unspecified atom stereocenters. The smallest absolute Gasteiger partial charge is 0.331 e. The molecule has 0 spiro atoms. The molecule has 0 saturated carbocycles. The number of allylic oxidation sites excluding steroid dienone is 1. The average Bonchev–Trinajstić information content (AvgIpc) is 2.46. The van der Waals surface area contributed by atoms with Crippen molar-refractivity contribution in [3.63, 3.8) is 0 Å². The van der Waals surface area contributed by atoms with Crippen molar-refractivity contribution in [3.8, 4) is 0 Å². The van der Waals surface area contributed by atoms with E-state index in [1.54, 1.807) is 0 Å². The zero-order valence-electron chi connectivity index (χ0n) is 16.6. The van der Waals surface area contributed by atoms with E-state index in [4.69, 9.17) is 9.84 Å². The molecule has 8 nitrogen and oxygen atoms in total. The maximum Gasteiger partial charge on any atom is 0.331 e. The van der Waals surface area contributed by atoms with E-state index >= 15 is 0 Å². The van der Waals surface area contributed by atoms with Gasteiger partial charge in [-0.2, -0.15) is 0 Å². The van der Waals surface area contributed by atoms with Crippen LogP contribution in [0.5, 0.6) is 0 Å². The number of ether oxygens (including phenoxy) is 1. The summed E-state index contributed by atoms with van der Waals surface area (Å²) in [4.78, 5) is 33.0. The lowest BCUT2D eigenvalue weighted by Gasteiger charge is -2.29. The first kappa shape index (κ1) is 24.9. The normalized spacial score (nSPS) is 13.2. The number of rotatable bonds is 15. The number of esters is 1. The van der Waals surface area contributed by atoms with Gasteiger partial charge in [-0.05, 0) is 12.8 Å². The van der Waals surface area contributed by atoms with Gasteiger partial charge in [0.2, 0.25) is 0 Å². The molecular formula is C19H33NO7. The third kappa shape index (κ3) is 17.1. The second-order valence-electron chi connectivity index (χ2n) is 7.76. The average molecular weight is 387 g/mol. The number of aliphatic carboxylic acids is 2. The number of hydrogen-bond acceptors (Lipinski definition) is 6. The number of carboxylic acids is 2. The number of carbonyl (C=O) groups is 3. The Balaban J connectivity index is 3.89. The van der Waals surface area contributed by atoms with Crippen molar-refractivity contribution < 1.29 is 38.9 Å². The molecule has 0 rings (SSSR count). The Morgan fingerprint density at radius 1 is 0.963 bits per heavy atom. The van der Waals surface area contributed by atoms with Gasteiger partial charge >= 0.3 is 11.9 Å². The van der Waals surface area contributed by atoms with Gasteiger partial charge in [0.15, 0.2) is 6.10 Å². The highest BCUT2D eigenvalue weighted by Crippen LogP contribution is 2.12. The number of likely N-dealkylation sites (N-methyl/N-ethyl adjacent to an activating group) is 1. The third-order valence-electron chi connectivity index (χ3n) is 3.80. The van der Waals surface area contributed by atoms with E-state index in [0.29, 0.717) is 30.3 Å². The van der Waals surface area contributed by atoms with Crippen molar-refractivity contribution in [2.45, 2.75) is 63.9 Å². The molecule has 156 valence electrons. The van der Waals surface area contributed by atoms with E-state index in [1.165, 1.54) is 0 Å². The second kappa shape index (κ2) is 13.1. The molecule has 0 bridgehead atoms. The maximum absolute atomic E-state index is 11.9. The number of aliphatic hydroxyl groups excluding tert-OH is 1. The fraction of sp³-hybridized carbons (Fsp3) is 0.737. The Kier molecular flexibility index (Phi) is 12.1. The molecule has 0 saturated heterocycles. The first-order valence-electron chi connectivity index (χ1n) is 9.32. The highest BCUT2D eigenvalue weighted by molar-refractivity contribution is 5.80. The number of carbonyl (C=O) groups excluding carboxylic acids is 2. The van der Waals surface area contributed by atoms with Crippen molar-refractivity contribution in [2.75, 3.05) is 27.7 Å². The highest BCUT2D eigenvalue weighted by atomic mass is 16.5. The van der Waals surface area contributed by atoms with Gasteiger partial charge < -0.3 is 29.3 Å². The predicted octanol–water partition coefficient (Wildman–Crippen LogP) is 1.39. The standard InChI is InChI=1S/C19H33NO7/c1-20(2,3)14-16(13-18(24)25)27-19(26)11-9-7-5-4-6-8-10-15(21)12-17(22)23/h12,16H,4-11,13-14H2,1-3H3,(H2-,21,22,23,24,25)/b15-12-. The van der Waals surface area contributed by atoms with E-state index in [1.807, 2.05) is 21.1 Å². The Bertz CT molecular complexity index is 509. The molecule has 0 radical (unpaired) electrons. The summed E-state index contributed by atoms with van der Waals surface area (Å²) in [6.07, 6.45) is 5.40. The van der Waals surface area contributed by atoms with Crippen LogP contribution < -0.4 is 5.11 Å². The predicted molar refractivity (Wildman–Crippen MR) is 97.7 cm³/mol. The van der Waals surface area contributed by atoms with Gasteiger partial charge in [-0.1, -0.05) is 25.7 Å². The summed E-state index contributed by atoms with van der Waals surface area (Å²) in [5.41, 5.74) is 0. The Hall–Kier alpha value is -2.09. The summed E-state index contributed by atoms with van der Waals surface area (Å²) in [6, 6.07) is 0. The summed E-state index contributed by atoms with van der Waals surface area (Å²) in [7, 11) is 5.69. The van der Waals surface area contributed by atoms with E-state index in [9.17, 15) is 24.6 Å². The fourth-order valence-electron chi connectivity index (χ4n) is 2.68. The van der Waals surface area contributed by atoms with E-state index in [-0.39, 0.29) is 18.6 Å². The largest absolute Gasteiger partial charge is 0.550 e. The number of hydrogen-bond donors (Lipinski definition) is 2. The van der Waals surface area contributed by atoms with E-state index in [0.717, 1.165) is 31.8 Å². The quantitative estimate of drug-likeness (QED) is 0.143. The van der Waals surface area contributed by atoms with E-state index < -0.39 is 24.0 Å². The summed E-state index contributed by atoms with van der Waals surface area (Å²) >= 11 is 0. The van der Waals surface area contributed by atoms with Crippen LogP contribution in [-0.2, 0) is 19.1 Å². The lowest BCUT2D eigenvalue weighted by Crippen LogP contribution is -2.45.